The fraction of sp³-hybridized carbons (Fsp3) is 0.222. The molecule has 0 saturated carbocycles. The molecule has 0 fully saturated rings. The molecule has 0 atom stereocenters. The van der Waals surface area contributed by atoms with Crippen molar-refractivity contribution in [3.63, 3.8) is 0 Å². The number of rotatable bonds is 3. The Morgan fingerprint density at radius 1 is 1.33 bits per heavy atom. The molecule has 0 bridgehead atoms. The van der Waals surface area contributed by atoms with E-state index in [-0.39, 0.29) is 5.96 Å². The SMILES string of the molecule is COc1ccc(N=C(N)N)cc1OC.O=[N+]([O-])O. The number of hydrogen-bond acceptors (Lipinski definition) is 5. The number of aliphatic imine (C=N–C) groups is 1. The van der Waals surface area contributed by atoms with Crippen LogP contribution in [0.1, 0.15) is 0 Å². The van der Waals surface area contributed by atoms with E-state index in [2.05, 4.69) is 4.99 Å². The highest BCUT2D eigenvalue weighted by atomic mass is 16.9. The van der Waals surface area contributed by atoms with E-state index in [1.54, 1.807) is 32.4 Å². The first-order chi connectivity index (χ1) is 8.40. The van der Waals surface area contributed by atoms with Crippen molar-refractivity contribution in [3.05, 3.63) is 28.3 Å². The fourth-order valence-electron chi connectivity index (χ4n) is 1.04. The van der Waals surface area contributed by atoms with Crippen LogP contribution in [0.4, 0.5) is 5.69 Å². The average Bonchev–Trinajstić information content (AvgIpc) is 2.27. The predicted molar refractivity (Wildman–Crippen MR) is 63.8 cm³/mol. The zero-order valence-electron chi connectivity index (χ0n) is 9.86. The highest BCUT2D eigenvalue weighted by Gasteiger charge is 2.03. The van der Waals surface area contributed by atoms with Gasteiger partial charge in [-0.05, 0) is 12.1 Å². The van der Waals surface area contributed by atoms with Gasteiger partial charge in [0, 0.05) is 6.07 Å². The first-order valence-electron chi connectivity index (χ1n) is 4.55. The van der Waals surface area contributed by atoms with Gasteiger partial charge in [-0.1, -0.05) is 0 Å². The van der Waals surface area contributed by atoms with Gasteiger partial charge in [-0.2, -0.15) is 0 Å². The van der Waals surface area contributed by atoms with Crippen molar-refractivity contribution in [1.82, 2.24) is 0 Å². The standard InChI is InChI=1S/C9H13N3O2.HNO3/c1-13-7-4-3-6(12-9(10)11)5-8(7)14-2;2-1(3)4/h3-5H,1-2H3,(H4,10,11,12);(H,2,3,4). The summed E-state index contributed by atoms with van der Waals surface area (Å²) in [5.74, 6) is 1.24. The quantitative estimate of drug-likeness (QED) is 0.305. The van der Waals surface area contributed by atoms with Crippen molar-refractivity contribution in [2.75, 3.05) is 14.2 Å². The molecule has 0 amide bonds. The maximum absolute atomic E-state index is 8.36. The van der Waals surface area contributed by atoms with E-state index in [1.807, 2.05) is 0 Å². The molecule has 0 aliphatic carbocycles. The van der Waals surface area contributed by atoms with Crippen LogP contribution >= 0.6 is 0 Å². The summed E-state index contributed by atoms with van der Waals surface area (Å²) in [5.41, 5.74) is 11.1. The lowest BCUT2D eigenvalue weighted by molar-refractivity contribution is -0.742. The third kappa shape index (κ3) is 6.00. The van der Waals surface area contributed by atoms with E-state index in [4.69, 9.17) is 36.3 Å². The summed E-state index contributed by atoms with van der Waals surface area (Å²) in [6.07, 6.45) is 0. The maximum atomic E-state index is 8.36. The van der Waals surface area contributed by atoms with Gasteiger partial charge in [0.1, 0.15) is 0 Å². The molecule has 0 heterocycles. The van der Waals surface area contributed by atoms with Crippen molar-refractivity contribution in [1.29, 1.82) is 0 Å². The Kier molecular flexibility index (Phi) is 6.41. The highest BCUT2D eigenvalue weighted by Crippen LogP contribution is 2.30. The van der Waals surface area contributed by atoms with Crippen molar-refractivity contribution >= 4 is 11.6 Å². The molecule has 1 aromatic rings. The molecule has 0 aromatic heterocycles. The smallest absolute Gasteiger partial charge is 0.291 e. The molecule has 0 unspecified atom stereocenters. The van der Waals surface area contributed by atoms with Gasteiger partial charge in [-0.15, -0.1) is 10.1 Å². The molecular weight excluding hydrogens is 244 g/mol. The van der Waals surface area contributed by atoms with Gasteiger partial charge in [0.25, 0.3) is 5.09 Å². The first-order valence-corrected chi connectivity index (χ1v) is 4.55. The summed E-state index contributed by atoms with van der Waals surface area (Å²) in [5, 5.41) is 13.6. The molecule has 0 aliphatic rings. The van der Waals surface area contributed by atoms with Crippen molar-refractivity contribution in [2.45, 2.75) is 0 Å². The summed E-state index contributed by atoms with van der Waals surface area (Å²) in [6, 6.07) is 5.17. The second kappa shape index (κ2) is 7.54. The predicted octanol–water partition coefficient (Wildman–Crippen LogP) is 0.261. The van der Waals surface area contributed by atoms with E-state index >= 15 is 0 Å². The van der Waals surface area contributed by atoms with E-state index in [1.165, 1.54) is 0 Å². The Morgan fingerprint density at radius 2 is 1.83 bits per heavy atom. The molecule has 100 valence electrons. The lowest BCUT2D eigenvalue weighted by atomic mass is 10.3. The van der Waals surface area contributed by atoms with Crippen LogP contribution in [-0.4, -0.2) is 30.5 Å². The molecular formula is C9H14N4O5. The van der Waals surface area contributed by atoms with Crippen molar-refractivity contribution in [3.8, 4) is 11.5 Å². The van der Waals surface area contributed by atoms with Gasteiger partial charge in [0.15, 0.2) is 17.5 Å². The second-order valence-electron chi connectivity index (χ2n) is 2.81. The van der Waals surface area contributed by atoms with E-state index in [9.17, 15) is 0 Å². The molecule has 1 rings (SSSR count). The van der Waals surface area contributed by atoms with E-state index in [0.717, 1.165) is 0 Å². The van der Waals surface area contributed by atoms with Crippen LogP contribution in [0, 0.1) is 10.1 Å². The zero-order chi connectivity index (χ0) is 14.1. The Hall–Kier alpha value is -2.71. The largest absolute Gasteiger partial charge is 0.493 e. The Balaban J connectivity index is 0.000000631. The normalized spacial score (nSPS) is 8.56. The Labute approximate surface area is 103 Å². The van der Waals surface area contributed by atoms with E-state index in [0.29, 0.717) is 17.2 Å². The summed E-state index contributed by atoms with van der Waals surface area (Å²) >= 11 is 0. The molecule has 18 heavy (non-hydrogen) atoms. The lowest BCUT2D eigenvalue weighted by Gasteiger charge is -2.07. The molecule has 0 saturated heterocycles. The molecule has 0 radical (unpaired) electrons. The minimum absolute atomic E-state index is 0.0113. The van der Waals surface area contributed by atoms with Gasteiger partial charge in [0.05, 0.1) is 19.9 Å². The van der Waals surface area contributed by atoms with Crippen LogP contribution < -0.4 is 20.9 Å². The van der Waals surface area contributed by atoms with Gasteiger partial charge < -0.3 is 26.1 Å². The molecule has 1 aromatic carbocycles. The molecule has 0 spiro atoms. The fourth-order valence-corrected chi connectivity index (χ4v) is 1.04. The van der Waals surface area contributed by atoms with Crippen LogP contribution in [0.15, 0.2) is 23.2 Å². The van der Waals surface area contributed by atoms with Crippen LogP contribution in [0.25, 0.3) is 0 Å². The van der Waals surface area contributed by atoms with Crippen LogP contribution in [0.3, 0.4) is 0 Å². The number of ether oxygens (including phenoxy) is 2. The minimum Gasteiger partial charge on any atom is -0.493 e. The van der Waals surface area contributed by atoms with Crippen molar-refractivity contribution in [2.24, 2.45) is 16.5 Å². The third-order valence-corrected chi connectivity index (χ3v) is 1.63. The molecule has 9 nitrogen and oxygen atoms in total. The topological polar surface area (TPSA) is 146 Å². The molecule has 9 heteroatoms. The van der Waals surface area contributed by atoms with Gasteiger partial charge >= 0.3 is 0 Å². The van der Waals surface area contributed by atoms with Crippen molar-refractivity contribution < 1.29 is 19.8 Å². The van der Waals surface area contributed by atoms with Crippen LogP contribution in [0.2, 0.25) is 0 Å². The van der Waals surface area contributed by atoms with Crippen LogP contribution in [-0.2, 0) is 0 Å². The number of methoxy groups -OCH3 is 2. The lowest BCUT2D eigenvalue weighted by Crippen LogP contribution is -2.21. The number of nitrogens with two attached hydrogens (primary N) is 2. The zero-order valence-corrected chi connectivity index (χ0v) is 9.86. The summed E-state index contributed by atoms with van der Waals surface area (Å²) in [4.78, 5) is 12.2. The van der Waals surface area contributed by atoms with Gasteiger partial charge in [-0.25, -0.2) is 4.99 Å². The first kappa shape index (κ1) is 15.3. The number of guanidine groups is 1. The minimum atomic E-state index is -1.50. The number of benzene rings is 1. The van der Waals surface area contributed by atoms with Crippen LogP contribution in [0.5, 0.6) is 11.5 Å². The average molecular weight is 258 g/mol. The highest BCUT2D eigenvalue weighted by molar-refractivity contribution is 5.79. The molecule has 0 aliphatic heterocycles. The molecule has 5 N–H and O–H groups in total. The number of hydrogen-bond donors (Lipinski definition) is 3. The Morgan fingerprint density at radius 3 is 2.22 bits per heavy atom. The maximum Gasteiger partial charge on any atom is 0.291 e. The number of nitrogens with zero attached hydrogens (tertiary/aromatic N) is 2. The second-order valence-corrected chi connectivity index (χ2v) is 2.81. The summed E-state index contributed by atoms with van der Waals surface area (Å²) in [7, 11) is 3.12. The summed E-state index contributed by atoms with van der Waals surface area (Å²) < 4.78 is 10.1. The third-order valence-electron chi connectivity index (χ3n) is 1.63. The summed E-state index contributed by atoms with van der Waals surface area (Å²) in [6.45, 7) is 0. The van der Waals surface area contributed by atoms with Gasteiger partial charge in [-0.3, -0.25) is 0 Å². The van der Waals surface area contributed by atoms with Gasteiger partial charge in [0.2, 0.25) is 0 Å². The Bertz CT molecular complexity index is 427. The van der Waals surface area contributed by atoms with E-state index < -0.39 is 5.09 Å². The monoisotopic (exact) mass is 258 g/mol.